The quantitative estimate of drug-likeness (QED) is 0.120. The number of thioether (sulfide) groups is 1. The molecule has 6 nitrogen and oxygen atoms in total. The lowest BCUT2D eigenvalue weighted by Crippen LogP contribution is -2.30. The summed E-state index contributed by atoms with van der Waals surface area (Å²) < 4.78 is 0.805. The van der Waals surface area contributed by atoms with Gasteiger partial charge in [0, 0.05) is 25.6 Å². The molecule has 0 saturated carbocycles. The number of nitrogens with one attached hydrogen (secondary N) is 3. The molecule has 3 amide bonds. The molecule has 0 heterocycles. The van der Waals surface area contributed by atoms with E-state index in [9.17, 15) is 14.4 Å². The molecule has 0 aliphatic rings. The van der Waals surface area contributed by atoms with Crippen molar-refractivity contribution in [2.45, 2.75) is 23.5 Å². The highest BCUT2D eigenvalue weighted by molar-refractivity contribution is 9.10. The van der Waals surface area contributed by atoms with Crippen molar-refractivity contribution in [1.82, 2.24) is 5.32 Å². The third-order valence-corrected chi connectivity index (χ3v) is 8.18. The maximum Gasteiger partial charge on any atom is 0.272 e. The van der Waals surface area contributed by atoms with Crippen molar-refractivity contribution in [3.05, 3.63) is 129 Å². The minimum absolute atomic E-state index is 0.0680. The summed E-state index contributed by atoms with van der Waals surface area (Å²) >= 11 is 10.9. The van der Waals surface area contributed by atoms with Crippen LogP contribution in [0.25, 0.3) is 6.08 Å². The highest BCUT2D eigenvalue weighted by Gasteiger charge is 2.20. The molecule has 4 aromatic rings. The average Bonchev–Trinajstić information content (AvgIpc) is 2.98. The monoisotopic (exact) mass is 647 g/mol. The van der Waals surface area contributed by atoms with Gasteiger partial charge in [0.15, 0.2) is 0 Å². The summed E-state index contributed by atoms with van der Waals surface area (Å²) in [5.41, 5.74) is 2.41. The molecule has 0 bridgehead atoms. The van der Waals surface area contributed by atoms with Gasteiger partial charge < -0.3 is 16.0 Å². The zero-order valence-corrected chi connectivity index (χ0v) is 25.2. The molecule has 0 radical (unpaired) electrons. The fraction of sp³-hybridized carbons (Fsp3) is 0.0938. The second kappa shape index (κ2) is 14.7. The van der Waals surface area contributed by atoms with Gasteiger partial charge in [-0.25, -0.2) is 0 Å². The van der Waals surface area contributed by atoms with Crippen molar-refractivity contribution in [2.75, 3.05) is 10.6 Å². The molecule has 4 rings (SSSR count). The molecule has 1 atom stereocenters. The smallest absolute Gasteiger partial charge is 0.272 e. The van der Waals surface area contributed by atoms with Crippen LogP contribution in [0.5, 0.6) is 0 Å². The van der Waals surface area contributed by atoms with Crippen molar-refractivity contribution in [3.8, 4) is 0 Å². The van der Waals surface area contributed by atoms with E-state index in [1.807, 2.05) is 49.4 Å². The Bertz CT molecular complexity index is 1560. The number of hydrogen-bond donors (Lipinski definition) is 3. The van der Waals surface area contributed by atoms with Gasteiger partial charge in [0.1, 0.15) is 5.70 Å². The first-order valence-corrected chi connectivity index (χ1v) is 14.8. The largest absolute Gasteiger partial charge is 0.324 e. The summed E-state index contributed by atoms with van der Waals surface area (Å²) in [5, 5.41) is 8.78. The number of hydrogen-bond acceptors (Lipinski definition) is 4. The van der Waals surface area contributed by atoms with Crippen LogP contribution in [0.1, 0.15) is 29.3 Å². The van der Waals surface area contributed by atoms with Crippen molar-refractivity contribution in [2.24, 2.45) is 0 Å². The van der Waals surface area contributed by atoms with E-state index in [1.165, 1.54) is 11.8 Å². The lowest BCUT2D eigenvalue weighted by atomic mass is 10.1. The molecular formula is C32H27BrClN3O3S. The van der Waals surface area contributed by atoms with E-state index >= 15 is 0 Å². The Balaban J connectivity index is 1.50. The number of anilines is 2. The van der Waals surface area contributed by atoms with Gasteiger partial charge in [0.2, 0.25) is 5.91 Å². The number of carbonyl (C=O) groups excluding carboxylic acids is 3. The molecule has 0 aliphatic heterocycles. The lowest BCUT2D eigenvalue weighted by Gasteiger charge is -2.16. The first kappa shape index (κ1) is 30.1. The minimum Gasteiger partial charge on any atom is -0.324 e. The normalized spacial score (nSPS) is 11.8. The Morgan fingerprint density at radius 1 is 0.878 bits per heavy atom. The SMILES string of the molecule is CCC(Sc1cccc(NC(=O)/C(=C/c2ccc(Cl)cc2)NC(=O)c2ccccc2)c1)C(=O)Nc1ccccc1Br. The molecule has 0 fully saturated rings. The fourth-order valence-corrected chi connectivity index (χ4v) is 5.30. The first-order chi connectivity index (χ1) is 19.8. The van der Waals surface area contributed by atoms with Crippen LogP contribution in [0.15, 0.2) is 118 Å². The Labute approximate surface area is 256 Å². The van der Waals surface area contributed by atoms with Gasteiger partial charge in [0.05, 0.1) is 10.9 Å². The molecular weight excluding hydrogens is 622 g/mol. The lowest BCUT2D eigenvalue weighted by molar-refractivity contribution is -0.116. The van der Waals surface area contributed by atoms with Crippen LogP contribution in [0.2, 0.25) is 5.02 Å². The Hall–Kier alpha value is -3.85. The van der Waals surface area contributed by atoms with E-state index in [1.54, 1.807) is 66.7 Å². The highest BCUT2D eigenvalue weighted by Crippen LogP contribution is 2.30. The zero-order chi connectivity index (χ0) is 29.2. The first-order valence-electron chi connectivity index (χ1n) is 12.8. The van der Waals surface area contributed by atoms with Gasteiger partial charge in [-0.05, 0) is 88.6 Å². The second-order valence-electron chi connectivity index (χ2n) is 8.90. The molecule has 4 aromatic carbocycles. The average molecular weight is 649 g/mol. The highest BCUT2D eigenvalue weighted by atomic mass is 79.9. The standard InChI is InChI=1S/C32H27BrClN3O3S/c1-2-29(32(40)36-27-14-7-6-13-26(27)33)41-25-12-8-11-24(20-25)35-31(39)28(19-21-15-17-23(34)18-16-21)37-30(38)22-9-4-3-5-10-22/h3-20,29H,2H2,1H3,(H,35,39)(H,36,40)(H,37,38)/b28-19-. The predicted octanol–water partition coefficient (Wildman–Crippen LogP) is 8.02. The van der Waals surface area contributed by atoms with E-state index in [0.29, 0.717) is 33.9 Å². The summed E-state index contributed by atoms with van der Waals surface area (Å²) in [7, 11) is 0. The second-order valence-corrected chi connectivity index (χ2v) is 11.5. The van der Waals surface area contributed by atoms with Crippen LogP contribution in [-0.4, -0.2) is 23.0 Å². The van der Waals surface area contributed by atoms with Crippen LogP contribution < -0.4 is 16.0 Å². The van der Waals surface area contributed by atoms with E-state index in [4.69, 9.17) is 11.6 Å². The number of rotatable bonds is 10. The summed E-state index contributed by atoms with van der Waals surface area (Å²) in [5.74, 6) is -1.02. The maximum absolute atomic E-state index is 13.4. The van der Waals surface area contributed by atoms with Gasteiger partial charge >= 0.3 is 0 Å². The van der Waals surface area contributed by atoms with Crippen LogP contribution >= 0.6 is 39.3 Å². The van der Waals surface area contributed by atoms with Gasteiger partial charge in [-0.2, -0.15) is 0 Å². The van der Waals surface area contributed by atoms with E-state index in [2.05, 4.69) is 31.9 Å². The third kappa shape index (κ3) is 8.82. The minimum atomic E-state index is -0.495. The van der Waals surface area contributed by atoms with Crippen LogP contribution in [0.4, 0.5) is 11.4 Å². The number of para-hydroxylation sites is 1. The van der Waals surface area contributed by atoms with Crippen LogP contribution in [-0.2, 0) is 9.59 Å². The summed E-state index contributed by atoms with van der Waals surface area (Å²) in [6.45, 7) is 1.95. The van der Waals surface area contributed by atoms with Crippen LogP contribution in [0, 0.1) is 0 Å². The summed E-state index contributed by atoms with van der Waals surface area (Å²) in [6.07, 6.45) is 2.20. The molecule has 208 valence electrons. The molecule has 41 heavy (non-hydrogen) atoms. The maximum atomic E-state index is 13.4. The number of carbonyl (C=O) groups is 3. The number of benzene rings is 4. The summed E-state index contributed by atoms with van der Waals surface area (Å²) in [6, 6.07) is 30.3. The van der Waals surface area contributed by atoms with Crippen molar-refractivity contribution >= 4 is 74.5 Å². The van der Waals surface area contributed by atoms with Gasteiger partial charge in [-0.3, -0.25) is 14.4 Å². The molecule has 0 aliphatic carbocycles. The summed E-state index contributed by atoms with van der Waals surface area (Å²) in [4.78, 5) is 40.1. The van der Waals surface area contributed by atoms with E-state index < -0.39 is 11.8 Å². The van der Waals surface area contributed by atoms with Gasteiger partial charge in [0.25, 0.3) is 11.8 Å². The van der Waals surface area contributed by atoms with E-state index in [-0.39, 0.29) is 16.9 Å². The molecule has 0 saturated heterocycles. The zero-order valence-electron chi connectivity index (χ0n) is 22.1. The Kier molecular flexibility index (Phi) is 10.8. The Morgan fingerprint density at radius 2 is 1.59 bits per heavy atom. The third-order valence-electron chi connectivity index (χ3n) is 5.88. The number of amides is 3. The molecule has 9 heteroatoms. The number of halogens is 2. The molecule has 0 aromatic heterocycles. The Morgan fingerprint density at radius 3 is 2.29 bits per heavy atom. The van der Waals surface area contributed by atoms with Crippen LogP contribution in [0.3, 0.4) is 0 Å². The predicted molar refractivity (Wildman–Crippen MR) is 171 cm³/mol. The van der Waals surface area contributed by atoms with Crippen molar-refractivity contribution in [3.63, 3.8) is 0 Å². The van der Waals surface area contributed by atoms with Crippen molar-refractivity contribution < 1.29 is 14.4 Å². The molecule has 1 unspecified atom stereocenters. The topological polar surface area (TPSA) is 87.3 Å². The van der Waals surface area contributed by atoms with E-state index in [0.717, 1.165) is 9.37 Å². The fourth-order valence-electron chi connectivity index (χ4n) is 3.78. The van der Waals surface area contributed by atoms with Gasteiger partial charge in [-0.1, -0.05) is 67.1 Å². The molecule has 0 spiro atoms. The van der Waals surface area contributed by atoms with Gasteiger partial charge in [-0.15, -0.1) is 11.8 Å². The van der Waals surface area contributed by atoms with Crippen molar-refractivity contribution in [1.29, 1.82) is 0 Å². The molecule has 3 N–H and O–H groups in total.